The number of rotatable bonds is 4. The summed E-state index contributed by atoms with van der Waals surface area (Å²) in [5, 5.41) is 13.7. The van der Waals surface area contributed by atoms with Crippen molar-refractivity contribution in [1.29, 1.82) is 0 Å². The van der Waals surface area contributed by atoms with E-state index in [1.165, 1.54) is 6.92 Å². The third kappa shape index (κ3) is 3.10. The zero-order valence-corrected chi connectivity index (χ0v) is 16.0. The van der Waals surface area contributed by atoms with Gasteiger partial charge in [-0.25, -0.2) is 9.97 Å². The van der Waals surface area contributed by atoms with Gasteiger partial charge in [0.05, 0.1) is 17.3 Å². The number of pyridine rings is 3. The monoisotopic (exact) mass is 375 g/mol. The van der Waals surface area contributed by atoms with Gasteiger partial charge in [0.1, 0.15) is 11.5 Å². The first-order chi connectivity index (χ1) is 13.5. The Hall–Kier alpha value is -3.32. The van der Waals surface area contributed by atoms with Crippen molar-refractivity contribution >= 4 is 28.3 Å². The third-order valence-corrected chi connectivity index (χ3v) is 4.81. The van der Waals surface area contributed by atoms with Crippen LogP contribution in [0.1, 0.15) is 37.6 Å². The SMILES string of the molecule is CCC(O)c1cc(C)c(-c2cc3cnc(NC(C)=O)cc3n3ccnc23)cn1. The maximum atomic E-state index is 11.3. The molecule has 4 aromatic heterocycles. The number of nitrogens with one attached hydrogen (secondary N) is 1. The Morgan fingerprint density at radius 1 is 1.18 bits per heavy atom. The molecule has 7 heteroatoms. The number of fused-ring (bicyclic) bond motifs is 3. The van der Waals surface area contributed by atoms with Crippen LogP contribution in [0.15, 0.2) is 43.0 Å². The van der Waals surface area contributed by atoms with Crippen LogP contribution in [0.2, 0.25) is 0 Å². The number of aliphatic hydroxyl groups excluding tert-OH is 1. The third-order valence-electron chi connectivity index (χ3n) is 4.81. The highest BCUT2D eigenvalue weighted by Crippen LogP contribution is 2.32. The fraction of sp³-hybridized carbons (Fsp3) is 0.238. The van der Waals surface area contributed by atoms with E-state index in [2.05, 4.69) is 20.3 Å². The van der Waals surface area contributed by atoms with Crippen LogP contribution in [0.4, 0.5) is 5.82 Å². The molecule has 0 bridgehead atoms. The summed E-state index contributed by atoms with van der Waals surface area (Å²) in [4.78, 5) is 24.7. The number of anilines is 1. The molecule has 4 heterocycles. The molecule has 0 aliphatic carbocycles. The molecule has 2 N–H and O–H groups in total. The van der Waals surface area contributed by atoms with Crippen LogP contribution >= 0.6 is 0 Å². The van der Waals surface area contributed by atoms with E-state index in [0.717, 1.165) is 33.2 Å². The molecule has 0 saturated heterocycles. The van der Waals surface area contributed by atoms with Crippen LogP contribution in [0.25, 0.3) is 27.7 Å². The highest BCUT2D eigenvalue weighted by Gasteiger charge is 2.15. The Morgan fingerprint density at radius 3 is 2.71 bits per heavy atom. The highest BCUT2D eigenvalue weighted by atomic mass is 16.3. The summed E-state index contributed by atoms with van der Waals surface area (Å²) < 4.78 is 1.98. The van der Waals surface area contributed by atoms with Gasteiger partial charge in [-0.15, -0.1) is 0 Å². The summed E-state index contributed by atoms with van der Waals surface area (Å²) >= 11 is 0. The second-order valence-corrected chi connectivity index (χ2v) is 6.84. The fourth-order valence-electron chi connectivity index (χ4n) is 3.39. The molecule has 0 fully saturated rings. The van der Waals surface area contributed by atoms with Gasteiger partial charge in [-0.2, -0.15) is 0 Å². The molecule has 0 aliphatic rings. The van der Waals surface area contributed by atoms with Gasteiger partial charge in [-0.3, -0.25) is 14.2 Å². The molecule has 1 atom stereocenters. The van der Waals surface area contributed by atoms with E-state index in [9.17, 15) is 9.90 Å². The minimum absolute atomic E-state index is 0.165. The molecular weight excluding hydrogens is 354 g/mol. The van der Waals surface area contributed by atoms with Crippen molar-refractivity contribution in [2.75, 3.05) is 5.32 Å². The van der Waals surface area contributed by atoms with Crippen molar-refractivity contribution in [3.05, 3.63) is 54.2 Å². The molecule has 0 spiro atoms. The lowest BCUT2D eigenvalue weighted by molar-refractivity contribution is -0.114. The predicted octanol–water partition coefficient (Wildman–Crippen LogP) is 3.65. The molecule has 1 unspecified atom stereocenters. The van der Waals surface area contributed by atoms with Gasteiger partial charge in [0.2, 0.25) is 5.91 Å². The summed E-state index contributed by atoms with van der Waals surface area (Å²) in [6.45, 7) is 5.39. The van der Waals surface area contributed by atoms with E-state index in [0.29, 0.717) is 17.9 Å². The Labute approximate surface area is 162 Å². The largest absolute Gasteiger partial charge is 0.387 e. The van der Waals surface area contributed by atoms with Gasteiger partial charge < -0.3 is 10.4 Å². The van der Waals surface area contributed by atoms with Crippen LogP contribution in [0.5, 0.6) is 0 Å². The van der Waals surface area contributed by atoms with Crippen LogP contribution in [-0.4, -0.2) is 30.4 Å². The van der Waals surface area contributed by atoms with Gasteiger partial charge in [0.25, 0.3) is 0 Å². The summed E-state index contributed by atoms with van der Waals surface area (Å²) in [7, 11) is 0. The molecule has 0 aliphatic heterocycles. The number of carbonyl (C=O) groups excluding carboxylic acids is 1. The van der Waals surface area contributed by atoms with E-state index >= 15 is 0 Å². The maximum absolute atomic E-state index is 11.3. The molecule has 0 aromatic carbocycles. The van der Waals surface area contributed by atoms with Crippen LogP contribution in [0, 0.1) is 6.92 Å². The van der Waals surface area contributed by atoms with Crippen molar-refractivity contribution in [1.82, 2.24) is 19.4 Å². The second kappa shape index (κ2) is 7.01. The normalized spacial score (nSPS) is 12.4. The number of carbonyl (C=O) groups is 1. The van der Waals surface area contributed by atoms with Crippen LogP contribution in [0.3, 0.4) is 0 Å². The number of hydrogen-bond donors (Lipinski definition) is 2. The highest BCUT2D eigenvalue weighted by molar-refractivity contribution is 5.95. The minimum atomic E-state index is -0.563. The number of hydrogen-bond acceptors (Lipinski definition) is 5. The number of aromatic nitrogens is 4. The first-order valence-electron chi connectivity index (χ1n) is 9.16. The van der Waals surface area contributed by atoms with E-state index < -0.39 is 6.10 Å². The zero-order valence-electron chi connectivity index (χ0n) is 16.0. The standard InChI is InChI=1S/C21H21N5O2/c1-4-19(28)17-7-12(2)16(11-23-17)15-8-14-10-24-20(25-13(3)27)9-18(14)26-6-5-22-21(15)26/h5-11,19,28H,4H2,1-3H3,(H,24,25,27). The molecule has 4 aromatic rings. The minimum Gasteiger partial charge on any atom is -0.387 e. The lowest BCUT2D eigenvalue weighted by atomic mass is 10.0. The Bertz CT molecular complexity index is 1200. The van der Waals surface area contributed by atoms with E-state index in [1.54, 1.807) is 18.6 Å². The molecule has 7 nitrogen and oxygen atoms in total. The lowest BCUT2D eigenvalue weighted by Gasteiger charge is -2.13. The molecule has 0 radical (unpaired) electrons. The van der Waals surface area contributed by atoms with Crippen molar-refractivity contribution in [3.63, 3.8) is 0 Å². The number of nitrogens with zero attached hydrogens (tertiary/aromatic N) is 4. The van der Waals surface area contributed by atoms with Crippen molar-refractivity contribution < 1.29 is 9.90 Å². The number of aryl methyl sites for hydroxylation is 1. The van der Waals surface area contributed by atoms with Crippen LogP contribution in [-0.2, 0) is 4.79 Å². The topological polar surface area (TPSA) is 92.4 Å². The predicted molar refractivity (Wildman–Crippen MR) is 108 cm³/mol. The molecule has 4 rings (SSSR count). The number of aliphatic hydroxyl groups is 1. The average molecular weight is 375 g/mol. The zero-order chi connectivity index (χ0) is 19.8. The molecule has 28 heavy (non-hydrogen) atoms. The van der Waals surface area contributed by atoms with E-state index in [1.807, 2.05) is 42.6 Å². The smallest absolute Gasteiger partial charge is 0.222 e. The van der Waals surface area contributed by atoms with Crippen molar-refractivity contribution in [2.24, 2.45) is 0 Å². The Kier molecular flexibility index (Phi) is 4.52. The molecule has 1 amide bonds. The van der Waals surface area contributed by atoms with E-state index in [4.69, 9.17) is 0 Å². The number of amides is 1. The summed E-state index contributed by atoms with van der Waals surface area (Å²) in [6, 6.07) is 5.79. The maximum Gasteiger partial charge on any atom is 0.222 e. The van der Waals surface area contributed by atoms with Crippen molar-refractivity contribution in [3.8, 4) is 11.1 Å². The Morgan fingerprint density at radius 2 is 2.00 bits per heavy atom. The van der Waals surface area contributed by atoms with E-state index in [-0.39, 0.29) is 5.91 Å². The lowest BCUT2D eigenvalue weighted by Crippen LogP contribution is -2.07. The first-order valence-corrected chi connectivity index (χ1v) is 9.16. The second-order valence-electron chi connectivity index (χ2n) is 6.84. The first kappa shape index (κ1) is 18.1. The average Bonchev–Trinajstić information content (AvgIpc) is 3.17. The van der Waals surface area contributed by atoms with Gasteiger partial charge in [0.15, 0.2) is 0 Å². The van der Waals surface area contributed by atoms with Gasteiger partial charge in [-0.1, -0.05) is 6.92 Å². The van der Waals surface area contributed by atoms with Crippen molar-refractivity contribution in [2.45, 2.75) is 33.3 Å². The molecule has 0 saturated carbocycles. The quantitative estimate of drug-likeness (QED) is 0.568. The fourth-order valence-corrected chi connectivity index (χ4v) is 3.39. The number of imidazole rings is 1. The summed E-state index contributed by atoms with van der Waals surface area (Å²) in [5.41, 5.74) is 5.28. The summed E-state index contributed by atoms with van der Waals surface area (Å²) in [6.07, 6.45) is 7.21. The molecule has 142 valence electrons. The van der Waals surface area contributed by atoms with Crippen LogP contribution < -0.4 is 5.32 Å². The summed E-state index contributed by atoms with van der Waals surface area (Å²) in [5.74, 6) is 0.333. The Balaban J connectivity index is 1.90. The van der Waals surface area contributed by atoms with Gasteiger partial charge in [0, 0.05) is 54.3 Å². The van der Waals surface area contributed by atoms with Gasteiger partial charge in [-0.05, 0) is 31.0 Å². The van der Waals surface area contributed by atoms with Gasteiger partial charge >= 0.3 is 0 Å². The molecular formula is C21H21N5O2.